The Morgan fingerprint density at radius 2 is 2.11 bits per heavy atom. The molecule has 106 valence electrons. The van der Waals surface area contributed by atoms with Crippen LogP contribution in [0.15, 0.2) is 20.7 Å². The highest BCUT2D eigenvalue weighted by molar-refractivity contribution is 7.94. The quantitative estimate of drug-likeness (QED) is 0.792. The van der Waals surface area contributed by atoms with Crippen LogP contribution in [0.3, 0.4) is 0 Å². The normalized spacial score (nSPS) is 17.5. The van der Waals surface area contributed by atoms with Crippen molar-refractivity contribution in [1.82, 2.24) is 4.31 Å². The van der Waals surface area contributed by atoms with E-state index in [0.717, 1.165) is 4.31 Å². The maximum Gasteiger partial charge on any atom is 0.273 e. The molecule has 2 heterocycles. The van der Waals surface area contributed by atoms with Crippen LogP contribution in [0.5, 0.6) is 0 Å². The lowest BCUT2D eigenvalue weighted by molar-refractivity contribution is 0.279. The van der Waals surface area contributed by atoms with E-state index >= 15 is 0 Å². The van der Waals surface area contributed by atoms with E-state index in [2.05, 4.69) is 0 Å². The van der Waals surface area contributed by atoms with Crippen LogP contribution in [0, 0.1) is 0 Å². The lowest BCUT2D eigenvalue weighted by Crippen LogP contribution is -2.29. The molecule has 1 aliphatic heterocycles. The van der Waals surface area contributed by atoms with Crippen molar-refractivity contribution in [3.05, 3.63) is 17.8 Å². The van der Waals surface area contributed by atoms with Crippen molar-refractivity contribution in [3.8, 4) is 0 Å². The lowest BCUT2D eigenvalue weighted by Gasteiger charge is -2.22. The van der Waals surface area contributed by atoms with Crippen molar-refractivity contribution in [1.29, 1.82) is 0 Å². The van der Waals surface area contributed by atoms with Crippen molar-refractivity contribution in [3.63, 3.8) is 0 Å². The maximum absolute atomic E-state index is 12.2. The van der Waals surface area contributed by atoms with E-state index in [9.17, 15) is 16.8 Å². The molecule has 0 radical (unpaired) electrons. The summed E-state index contributed by atoms with van der Waals surface area (Å²) in [6.07, 6.45) is 3.16. The number of nitrogens with two attached hydrogens (primary N) is 1. The van der Waals surface area contributed by atoms with E-state index < -0.39 is 20.0 Å². The number of aliphatic hydroxyl groups excluding tert-OH is 1. The maximum atomic E-state index is 12.2. The number of hydrogen-bond donors (Lipinski definition) is 2. The third-order valence-corrected chi connectivity index (χ3v) is 7.36. The molecule has 0 aromatic carbocycles. The fourth-order valence-corrected chi connectivity index (χ4v) is 5.58. The van der Waals surface area contributed by atoms with Gasteiger partial charge in [0, 0.05) is 24.9 Å². The van der Waals surface area contributed by atoms with E-state index in [1.165, 1.54) is 18.3 Å². The molecular formula is C9H12N2O5S3. The molecule has 0 saturated heterocycles. The molecule has 0 fully saturated rings. The number of thiophene rings is 1. The van der Waals surface area contributed by atoms with Crippen molar-refractivity contribution in [2.45, 2.75) is 14.8 Å². The van der Waals surface area contributed by atoms with E-state index in [-0.39, 0.29) is 21.6 Å². The minimum atomic E-state index is -3.92. The van der Waals surface area contributed by atoms with Gasteiger partial charge in [0.1, 0.15) is 8.42 Å². The van der Waals surface area contributed by atoms with Gasteiger partial charge in [0.25, 0.3) is 10.0 Å². The van der Waals surface area contributed by atoms with Gasteiger partial charge >= 0.3 is 0 Å². The summed E-state index contributed by atoms with van der Waals surface area (Å²) >= 11 is 0.630. The molecule has 3 N–H and O–H groups in total. The van der Waals surface area contributed by atoms with Crippen LogP contribution in [0.4, 0.5) is 0 Å². The van der Waals surface area contributed by atoms with Crippen LogP contribution < -0.4 is 5.14 Å². The Balaban J connectivity index is 2.47. The van der Waals surface area contributed by atoms with E-state index in [0.29, 0.717) is 23.3 Å². The number of nitrogens with zero attached hydrogens (tertiary/aromatic N) is 1. The molecule has 1 aromatic rings. The predicted molar refractivity (Wildman–Crippen MR) is 70.3 cm³/mol. The Morgan fingerprint density at radius 1 is 1.42 bits per heavy atom. The molecule has 0 spiro atoms. The topological polar surface area (TPSA) is 118 Å². The van der Waals surface area contributed by atoms with Gasteiger partial charge in [0.05, 0.1) is 0 Å². The first-order valence-electron chi connectivity index (χ1n) is 5.24. The molecule has 19 heavy (non-hydrogen) atoms. The van der Waals surface area contributed by atoms with Gasteiger partial charge in [-0.3, -0.25) is 4.31 Å². The molecule has 0 aliphatic carbocycles. The summed E-state index contributed by atoms with van der Waals surface area (Å²) in [7, 11) is -7.68. The standard InChI is InChI=1S/C9H12N2O5S3/c10-18(13,14)8-6-7-2-4-11(3-1-5-12)19(15,16)9(7)17-8/h2,4,6,12H,1,3,5H2,(H2,10,13,14). The molecule has 0 amide bonds. The van der Waals surface area contributed by atoms with Crippen LogP contribution in [0.2, 0.25) is 0 Å². The van der Waals surface area contributed by atoms with Gasteiger partial charge in [-0.25, -0.2) is 22.0 Å². The van der Waals surface area contributed by atoms with Gasteiger partial charge in [-0.1, -0.05) is 0 Å². The Morgan fingerprint density at radius 3 is 2.68 bits per heavy atom. The second-order valence-electron chi connectivity index (χ2n) is 3.86. The number of hydrogen-bond acceptors (Lipinski definition) is 6. The SMILES string of the molecule is NS(=O)(=O)c1cc2c(s1)S(=O)(=O)N(CCCO)C=C2. The summed E-state index contributed by atoms with van der Waals surface area (Å²) in [6, 6.07) is 1.24. The summed E-state index contributed by atoms with van der Waals surface area (Å²) in [4.78, 5) is 0. The van der Waals surface area contributed by atoms with E-state index in [1.54, 1.807) is 0 Å². The summed E-state index contributed by atoms with van der Waals surface area (Å²) in [5.74, 6) is 0. The molecule has 10 heteroatoms. The molecule has 0 bridgehead atoms. The molecular weight excluding hydrogens is 312 g/mol. The smallest absolute Gasteiger partial charge is 0.273 e. The summed E-state index contributed by atoms with van der Waals surface area (Å²) in [5.41, 5.74) is 0.314. The zero-order chi connectivity index (χ0) is 14.3. The molecule has 1 aromatic heterocycles. The second-order valence-corrected chi connectivity index (χ2v) is 8.79. The molecule has 0 saturated carbocycles. The van der Waals surface area contributed by atoms with Gasteiger partial charge in [-0.15, -0.1) is 11.3 Å². The molecule has 7 nitrogen and oxygen atoms in total. The number of sulfonamides is 2. The fraction of sp³-hybridized carbons (Fsp3) is 0.333. The monoisotopic (exact) mass is 324 g/mol. The minimum Gasteiger partial charge on any atom is -0.396 e. The first-order chi connectivity index (χ1) is 8.76. The van der Waals surface area contributed by atoms with E-state index in [4.69, 9.17) is 10.2 Å². The van der Waals surface area contributed by atoms with Crippen molar-refractivity contribution in [2.24, 2.45) is 5.14 Å². The van der Waals surface area contributed by atoms with Crippen LogP contribution in [0.25, 0.3) is 6.08 Å². The third-order valence-electron chi connectivity index (χ3n) is 2.48. The highest BCUT2D eigenvalue weighted by Crippen LogP contribution is 2.35. The Labute approximate surface area is 115 Å². The number of aliphatic hydroxyl groups is 1. The minimum absolute atomic E-state index is 0.0445. The fourth-order valence-electron chi connectivity index (χ4n) is 1.59. The summed E-state index contributed by atoms with van der Waals surface area (Å²) in [6.45, 7) is 0.0109. The van der Waals surface area contributed by atoms with Crippen LogP contribution in [-0.4, -0.2) is 39.4 Å². The average molecular weight is 324 g/mol. The van der Waals surface area contributed by atoms with Crippen LogP contribution in [0.1, 0.15) is 12.0 Å². The second kappa shape index (κ2) is 4.87. The molecule has 1 aliphatic rings. The van der Waals surface area contributed by atoms with Crippen LogP contribution in [-0.2, 0) is 20.0 Å². The number of fused-ring (bicyclic) bond motifs is 1. The summed E-state index contributed by atoms with van der Waals surface area (Å²) < 4.78 is 47.8. The van der Waals surface area contributed by atoms with E-state index in [1.807, 2.05) is 0 Å². The van der Waals surface area contributed by atoms with Gasteiger partial charge in [-0.05, 0) is 18.6 Å². The Kier molecular flexibility index (Phi) is 3.71. The van der Waals surface area contributed by atoms with Crippen molar-refractivity contribution >= 4 is 37.5 Å². The van der Waals surface area contributed by atoms with Gasteiger partial charge in [0.2, 0.25) is 10.0 Å². The van der Waals surface area contributed by atoms with Crippen molar-refractivity contribution in [2.75, 3.05) is 13.2 Å². The molecule has 2 rings (SSSR count). The highest BCUT2D eigenvalue weighted by Gasteiger charge is 2.31. The van der Waals surface area contributed by atoms with Crippen molar-refractivity contribution < 1.29 is 21.9 Å². The Hall–Kier alpha value is -0.940. The van der Waals surface area contributed by atoms with Gasteiger partial charge in [0.15, 0.2) is 0 Å². The number of primary sulfonamides is 1. The molecule has 0 unspecified atom stereocenters. The predicted octanol–water partition coefficient (Wildman–Crippen LogP) is -0.247. The van der Waals surface area contributed by atoms with Gasteiger partial charge in [-0.2, -0.15) is 0 Å². The first-order valence-corrected chi connectivity index (χ1v) is 9.04. The zero-order valence-corrected chi connectivity index (χ0v) is 12.1. The zero-order valence-electron chi connectivity index (χ0n) is 9.68. The highest BCUT2D eigenvalue weighted by atomic mass is 32.3. The van der Waals surface area contributed by atoms with Crippen LogP contribution >= 0.6 is 11.3 Å². The third kappa shape index (κ3) is 2.67. The molecule has 0 atom stereocenters. The Bertz CT molecular complexity index is 717. The average Bonchev–Trinajstić information content (AvgIpc) is 2.73. The number of rotatable bonds is 4. The summed E-state index contributed by atoms with van der Waals surface area (Å²) in [5, 5.41) is 13.7. The largest absolute Gasteiger partial charge is 0.396 e. The first kappa shape index (κ1) is 14.5. The van der Waals surface area contributed by atoms with Gasteiger partial charge < -0.3 is 5.11 Å². The lowest BCUT2D eigenvalue weighted by atomic mass is 10.3.